The number of isothiocyanates is 1. The largest absolute Gasteiger partial charge is 0.497 e. The van der Waals surface area contributed by atoms with Crippen LogP contribution in [-0.2, 0) is 11.3 Å². The predicted molar refractivity (Wildman–Crippen MR) is 88.4 cm³/mol. The van der Waals surface area contributed by atoms with Crippen molar-refractivity contribution in [3.05, 3.63) is 59.7 Å². The molecule has 1 aliphatic rings. The third-order valence-corrected chi connectivity index (χ3v) is 3.79. The lowest BCUT2D eigenvalue weighted by atomic mass is 10.1. The fraction of sp³-hybridized carbons (Fsp3) is 0.176. The van der Waals surface area contributed by atoms with Gasteiger partial charge in [-0.15, -0.1) is 0 Å². The third-order valence-electron chi connectivity index (χ3n) is 3.69. The minimum Gasteiger partial charge on any atom is -0.497 e. The SMILES string of the molecule is COc1ccc2c(c1)C(N=C=S)C(=O)N2Cc1ccccc1. The van der Waals surface area contributed by atoms with Crippen molar-refractivity contribution in [2.45, 2.75) is 12.6 Å². The van der Waals surface area contributed by atoms with Crippen LogP contribution in [0.5, 0.6) is 5.75 Å². The number of thiocarbonyl (C=S) groups is 1. The number of carbonyl (C=O) groups excluding carboxylic acids is 1. The van der Waals surface area contributed by atoms with E-state index in [-0.39, 0.29) is 5.91 Å². The molecule has 110 valence electrons. The zero-order chi connectivity index (χ0) is 15.5. The Morgan fingerprint density at radius 2 is 2.05 bits per heavy atom. The van der Waals surface area contributed by atoms with E-state index in [9.17, 15) is 4.79 Å². The molecule has 0 radical (unpaired) electrons. The highest BCUT2D eigenvalue weighted by atomic mass is 32.1. The molecule has 1 heterocycles. The number of methoxy groups -OCH3 is 1. The molecule has 1 unspecified atom stereocenters. The van der Waals surface area contributed by atoms with Gasteiger partial charge in [-0.3, -0.25) is 4.79 Å². The van der Waals surface area contributed by atoms with Crippen LogP contribution in [0, 0.1) is 0 Å². The minimum atomic E-state index is -0.633. The van der Waals surface area contributed by atoms with E-state index < -0.39 is 6.04 Å². The molecule has 0 aromatic heterocycles. The van der Waals surface area contributed by atoms with Crippen molar-refractivity contribution in [3.8, 4) is 5.75 Å². The average molecular weight is 310 g/mol. The molecular weight excluding hydrogens is 296 g/mol. The van der Waals surface area contributed by atoms with Crippen LogP contribution in [0.2, 0.25) is 0 Å². The van der Waals surface area contributed by atoms with E-state index >= 15 is 0 Å². The first-order chi connectivity index (χ1) is 10.7. The number of fused-ring (bicyclic) bond motifs is 1. The summed E-state index contributed by atoms with van der Waals surface area (Å²) in [5, 5.41) is 2.32. The standard InChI is InChI=1S/C17H14N2O2S/c1-21-13-7-8-15-14(9-13)16(18-11-22)17(20)19(15)10-12-5-3-2-4-6-12/h2-9,16H,10H2,1H3. The van der Waals surface area contributed by atoms with Gasteiger partial charge in [0.05, 0.1) is 24.5 Å². The summed E-state index contributed by atoms with van der Waals surface area (Å²) in [4.78, 5) is 18.4. The third kappa shape index (κ3) is 2.52. The first kappa shape index (κ1) is 14.4. The van der Waals surface area contributed by atoms with Gasteiger partial charge in [-0.25, -0.2) is 4.99 Å². The lowest BCUT2D eigenvalue weighted by Gasteiger charge is -2.17. The van der Waals surface area contributed by atoms with Gasteiger partial charge in [0.15, 0.2) is 6.04 Å². The lowest BCUT2D eigenvalue weighted by molar-refractivity contribution is -0.119. The van der Waals surface area contributed by atoms with Crippen molar-refractivity contribution in [1.29, 1.82) is 0 Å². The van der Waals surface area contributed by atoms with Gasteiger partial charge in [0.2, 0.25) is 0 Å². The highest BCUT2D eigenvalue weighted by Crippen LogP contribution is 2.40. The quantitative estimate of drug-likeness (QED) is 0.642. The van der Waals surface area contributed by atoms with Crippen LogP contribution in [0.15, 0.2) is 53.5 Å². The zero-order valence-corrected chi connectivity index (χ0v) is 12.8. The molecule has 0 spiro atoms. The van der Waals surface area contributed by atoms with E-state index in [1.165, 1.54) is 0 Å². The molecule has 2 aromatic rings. The van der Waals surface area contributed by atoms with Gasteiger partial charge < -0.3 is 9.64 Å². The molecule has 1 amide bonds. The molecule has 3 rings (SSSR count). The number of amides is 1. The van der Waals surface area contributed by atoms with Gasteiger partial charge in [-0.1, -0.05) is 30.3 Å². The van der Waals surface area contributed by atoms with Crippen LogP contribution in [0.3, 0.4) is 0 Å². The monoisotopic (exact) mass is 310 g/mol. The number of anilines is 1. The Hall–Kier alpha value is -2.49. The van der Waals surface area contributed by atoms with E-state index in [4.69, 9.17) is 4.74 Å². The summed E-state index contributed by atoms with van der Waals surface area (Å²) in [5.41, 5.74) is 2.70. The summed E-state index contributed by atoms with van der Waals surface area (Å²) in [7, 11) is 1.59. The maximum atomic E-state index is 12.7. The van der Waals surface area contributed by atoms with Gasteiger partial charge in [0.1, 0.15) is 5.75 Å². The second-order valence-electron chi connectivity index (χ2n) is 4.96. The van der Waals surface area contributed by atoms with Crippen molar-refractivity contribution in [2.24, 2.45) is 4.99 Å². The Morgan fingerprint density at radius 1 is 1.27 bits per heavy atom. The predicted octanol–water partition coefficient (Wildman–Crippen LogP) is 3.39. The molecule has 5 heteroatoms. The average Bonchev–Trinajstić information content (AvgIpc) is 2.81. The summed E-state index contributed by atoms with van der Waals surface area (Å²) >= 11 is 4.68. The summed E-state index contributed by atoms with van der Waals surface area (Å²) < 4.78 is 5.24. The lowest BCUT2D eigenvalue weighted by Crippen LogP contribution is -2.27. The Bertz CT molecular complexity index is 755. The second kappa shape index (κ2) is 6.10. The highest BCUT2D eigenvalue weighted by molar-refractivity contribution is 7.78. The molecule has 4 nitrogen and oxygen atoms in total. The van der Waals surface area contributed by atoms with Crippen molar-refractivity contribution < 1.29 is 9.53 Å². The van der Waals surface area contributed by atoms with Crippen LogP contribution >= 0.6 is 12.2 Å². The Kier molecular flexibility index (Phi) is 4.00. The zero-order valence-electron chi connectivity index (χ0n) is 12.0. The number of carbonyl (C=O) groups is 1. The maximum absolute atomic E-state index is 12.7. The van der Waals surface area contributed by atoms with E-state index in [1.54, 1.807) is 12.0 Å². The van der Waals surface area contributed by atoms with Crippen LogP contribution in [-0.4, -0.2) is 18.2 Å². The number of hydrogen-bond donors (Lipinski definition) is 0. The number of rotatable bonds is 4. The second-order valence-corrected chi connectivity index (χ2v) is 5.14. The summed E-state index contributed by atoms with van der Waals surface area (Å²) in [5.74, 6) is 0.599. The molecule has 1 atom stereocenters. The molecule has 2 aromatic carbocycles. The first-order valence-electron chi connectivity index (χ1n) is 6.85. The first-order valence-corrected chi connectivity index (χ1v) is 7.25. The number of aliphatic imine (C=N–C) groups is 1. The van der Waals surface area contributed by atoms with E-state index in [2.05, 4.69) is 22.4 Å². The van der Waals surface area contributed by atoms with Crippen molar-refractivity contribution in [2.75, 3.05) is 12.0 Å². The van der Waals surface area contributed by atoms with Crippen LogP contribution in [0.25, 0.3) is 0 Å². The molecular formula is C17H14N2O2S. The topological polar surface area (TPSA) is 41.9 Å². The van der Waals surface area contributed by atoms with Crippen molar-refractivity contribution >= 4 is 29.0 Å². The van der Waals surface area contributed by atoms with E-state index in [0.717, 1.165) is 16.8 Å². The van der Waals surface area contributed by atoms with Gasteiger partial charge in [0.25, 0.3) is 5.91 Å². The summed E-state index contributed by atoms with van der Waals surface area (Å²) in [6.07, 6.45) is 0. The number of benzene rings is 2. The smallest absolute Gasteiger partial charge is 0.257 e. The van der Waals surface area contributed by atoms with Gasteiger partial charge in [0, 0.05) is 5.56 Å². The van der Waals surface area contributed by atoms with Crippen molar-refractivity contribution in [1.82, 2.24) is 0 Å². The van der Waals surface area contributed by atoms with Gasteiger partial charge in [-0.2, -0.15) is 0 Å². The molecule has 0 fully saturated rings. The number of ether oxygens (including phenoxy) is 1. The summed E-state index contributed by atoms with van der Waals surface area (Å²) in [6, 6.07) is 14.8. The van der Waals surface area contributed by atoms with Crippen LogP contribution < -0.4 is 9.64 Å². The molecule has 22 heavy (non-hydrogen) atoms. The highest BCUT2D eigenvalue weighted by Gasteiger charge is 2.37. The Labute approximate surface area is 134 Å². The Balaban J connectivity index is 2.02. The molecule has 0 bridgehead atoms. The van der Waals surface area contributed by atoms with Crippen LogP contribution in [0.1, 0.15) is 17.2 Å². The number of hydrogen-bond acceptors (Lipinski definition) is 4. The molecule has 0 N–H and O–H groups in total. The van der Waals surface area contributed by atoms with Crippen molar-refractivity contribution in [3.63, 3.8) is 0 Å². The molecule has 0 aliphatic carbocycles. The Morgan fingerprint density at radius 3 is 2.73 bits per heavy atom. The van der Waals surface area contributed by atoms with Gasteiger partial charge in [-0.05, 0) is 36.0 Å². The molecule has 0 saturated carbocycles. The molecule has 0 saturated heterocycles. The minimum absolute atomic E-state index is 0.0931. The molecule has 1 aliphatic heterocycles. The van der Waals surface area contributed by atoms with E-state index in [1.807, 2.05) is 48.5 Å². The fourth-order valence-electron chi connectivity index (χ4n) is 2.63. The van der Waals surface area contributed by atoms with Crippen LogP contribution in [0.4, 0.5) is 5.69 Å². The maximum Gasteiger partial charge on any atom is 0.257 e. The van der Waals surface area contributed by atoms with E-state index in [0.29, 0.717) is 12.3 Å². The summed E-state index contributed by atoms with van der Waals surface area (Å²) in [6.45, 7) is 0.502. The fourth-order valence-corrected chi connectivity index (χ4v) is 2.74. The normalized spacial score (nSPS) is 16.1. The number of nitrogens with zero attached hydrogens (tertiary/aromatic N) is 2. The van der Waals surface area contributed by atoms with Gasteiger partial charge >= 0.3 is 0 Å².